The fourth-order valence-electron chi connectivity index (χ4n) is 2.87. The molecule has 0 heterocycles. The quantitative estimate of drug-likeness (QED) is 0.232. The van der Waals surface area contributed by atoms with Crippen molar-refractivity contribution in [1.82, 2.24) is 0 Å². The number of hydrogen-bond acceptors (Lipinski definition) is 6. The molecule has 0 aliphatic rings. The monoisotopic (exact) mass is 547 g/mol. The van der Waals surface area contributed by atoms with Crippen molar-refractivity contribution in [2.75, 3.05) is 0 Å². The Balaban J connectivity index is 0.000000518. The zero-order chi connectivity index (χ0) is 26.9. The van der Waals surface area contributed by atoms with Crippen LogP contribution in [0.3, 0.4) is 0 Å². The fraction of sp³-hybridized carbons (Fsp3) is 0.222. The van der Waals surface area contributed by atoms with E-state index in [1.807, 2.05) is 91.0 Å². The molecule has 0 bridgehead atoms. The molecule has 0 radical (unpaired) electrons. The molecule has 10 heteroatoms. The molecule has 0 aliphatic carbocycles. The molecule has 198 valence electrons. The van der Waals surface area contributed by atoms with E-state index in [0.717, 1.165) is 16.7 Å². The summed E-state index contributed by atoms with van der Waals surface area (Å²) >= 11 is 0. The summed E-state index contributed by atoms with van der Waals surface area (Å²) in [5.74, 6) is -2.88. The molecule has 0 fully saturated rings. The van der Waals surface area contributed by atoms with Crippen LogP contribution in [0.25, 0.3) is 0 Å². The van der Waals surface area contributed by atoms with E-state index in [9.17, 15) is 14.4 Å². The van der Waals surface area contributed by atoms with E-state index in [2.05, 4.69) is 0 Å². The smallest absolute Gasteiger partial charge is 0.320 e. The van der Waals surface area contributed by atoms with Gasteiger partial charge >= 0.3 is 17.9 Å². The van der Waals surface area contributed by atoms with Crippen LogP contribution < -0.4 is 17.2 Å². The molecule has 0 spiro atoms. The summed E-state index contributed by atoms with van der Waals surface area (Å²) in [6, 6.07) is 25.6. The van der Waals surface area contributed by atoms with Crippen molar-refractivity contribution in [2.45, 2.75) is 37.4 Å². The molecule has 0 aromatic heterocycles. The summed E-state index contributed by atoms with van der Waals surface area (Å²) in [4.78, 5) is 31.1. The maximum absolute atomic E-state index is 10.4. The minimum Gasteiger partial charge on any atom is -0.480 e. The standard InChI is InChI=1S/3C9H11NO2.Cr/c3*10-8(9(11)12)6-7-4-2-1-3-5-7;/h3*1-5,8H,6,10H2,(H,11,12);. The number of hydrogen-bond donors (Lipinski definition) is 6. The van der Waals surface area contributed by atoms with Crippen LogP contribution in [0.4, 0.5) is 0 Å². The predicted molar refractivity (Wildman–Crippen MR) is 137 cm³/mol. The van der Waals surface area contributed by atoms with E-state index in [1.54, 1.807) is 0 Å². The molecule has 0 saturated heterocycles. The maximum atomic E-state index is 10.4. The second-order valence-electron chi connectivity index (χ2n) is 7.90. The normalized spacial score (nSPS) is 12.1. The van der Waals surface area contributed by atoms with E-state index in [-0.39, 0.29) is 17.4 Å². The van der Waals surface area contributed by atoms with E-state index in [0.29, 0.717) is 19.3 Å². The zero-order valence-electron chi connectivity index (χ0n) is 20.2. The van der Waals surface area contributed by atoms with Gasteiger partial charge in [-0.1, -0.05) is 91.0 Å². The van der Waals surface area contributed by atoms with Crippen molar-refractivity contribution < 1.29 is 47.1 Å². The summed E-state index contributed by atoms with van der Waals surface area (Å²) in [7, 11) is 0. The van der Waals surface area contributed by atoms with Crippen molar-refractivity contribution in [3.05, 3.63) is 108 Å². The third kappa shape index (κ3) is 15.3. The Hall–Kier alpha value is -3.52. The first-order valence-corrected chi connectivity index (χ1v) is 11.2. The number of nitrogens with two attached hydrogens (primary N) is 3. The van der Waals surface area contributed by atoms with Gasteiger partial charge in [-0.05, 0) is 36.0 Å². The molecule has 9 N–H and O–H groups in total. The number of carboxylic acid groups (broad SMARTS) is 3. The molecule has 3 aromatic carbocycles. The second-order valence-corrected chi connectivity index (χ2v) is 7.90. The number of aliphatic carboxylic acids is 3. The number of carbonyl (C=O) groups is 3. The van der Waals surface area contributed by atoms with E-state index in [1.165, 1.54) is 0 Å². The molecule has 0 saturated carbocycles. The summed E-state index contributed by atoms with van der Waals surface area (Å²) in [6.07, 6.45) is 1.16. The third-order valence-corrected chi connectivity index (χ3v) is 4.85. The predicted octanol–water partition coefficient (Wildman–Crippen LogP) is 1.92. The Morgan fingerprint density at radius 3 is 0.838 bits per heavy atom. The third-order valence-electron chi connectivity index (χ3n) is 4.85. The molecule has 3 aromatic rings. The number of rotatable bonds is 9. The van der Waals surface area contributed by atoms with Crippen LogP contribution in [-0.2, 0) is 51.0 Å². The molecule has 3 rings (SSSR count). The molecule has 37 heavy (non-hydrogen) atoms. The van der Waals surface area contributed by atoms with Crippen LogP contribution in [0.5, 0.6) is 0 Å². The minimum absolute atomic E-state index is 0. The Labute approximate surface area is 227 Å². The molecular formula is C27H33CrN3O6. The molecule has 0 aliphatic heterocycles. The summed E-state index contributed by atoms with van der Waals surface area (Å²) in [5.41, 5.74) is 18.9. The van der Waals surface area contributed by atoms with Crippen LogP contribution >= 0.6 is 0 Å². The number of benzene rings is 3. The second kappa shape index (κ2) is 18.7. The Kier molecular flexibility index (Phi) is 16.9. The van der Waals surface area contributed by atoms with Gasteiger partial charge in [0, 0.05) is 17.4 Å². The first kappa shape index (κ1) is 33.5. The Morgan fingerprint density at radius 1 is 0.486 bits per heavy atom. The van der Waals surface area contributed by atoms with E-state index < -0.39 is 36.0 Å². The maximum Gasteiger partial charge on any atom is 0.320 e. The van der Waals surface area contributed by atoms with Gasteiger partial charge in [-0.3, -0.25) is 14.4 Å². The summed E-state index contributed by atoms with van der Waals surface area (Å²) < 4.78 is 0. The Bertz CT molecular complexity index is 919. The topological polar surface area (TPSA) is 190 Å². The fourth-order valence-corrected chi connectivity index (χ4v) is 2.87. The molecule has 3 atom stereocenters. The zero-order valence-corrected chi connectivity index (χ0v) is 21.5. The first-order chi connectivity index (χ1) is 17.1. The van der Waals surface area contributed by atoms with Crippen LogP contribution in [0.2, 0.25) is 0 Å². The van der Waals surface area contributed by atoms with Crippen molar-refractivity contribution in [1.29, 1.82) is 0 Å². The average Bonchev–Trinajstić information content (AvgIpc) is 2.86. The SMILES string of the molecule is NC(Cc1ccccc1)C(=O)O.NC(Cc1ccccc1)C(=O)O.NC(Cc1ccccc1)C(=O)O.[Cr]. The van der Waals surface area contributed by atoms with Gasteiger partial charge in [-0.15, -0.1) is 0 Å². The van der Waals surface area contributed by atoms with E-state index in [4.69, 9.17) is 32.5 Å². The van der Waals surface area contributed by atoms with Crippen molar-refractivity contribution in [3.8, 4) is 0 Å². The van der Waals surface area contributed by atoms with Gasteiger partial charge in [-0.25, -0.2) is 0 Å². The van der Waals surface area contributed by atoms with Gasteiger partial charge in [0.25, 0.3) is 0 Å². The molecule has 3 unspecified atom stereocenters. The van der Waals surface area contributed by atoms with Gasteiger partial charge in [0.05, 0.1) is 0 Å². The van der Waals surface area contributed by atoms with Crippen LogP contribution in [-0.4, -0.2) is 51.4 Å². The van der Waals surface area contributed by atoms with Gasteiger partial charge in [-0.2, -0.15) is 0 Å². The van der Waals surface area contributed by atoms with Crippen molar-refractivity contribution in [3.63, 3.8) is 0 Å². The van der Waals surface area contributed by atoms with E-state index >= 15 is 0 Å². The molecule has 9 nitrogen and oxygen atoms in total. The van der Waals surface area contributed by atoms with Crippen LogP contribution in [0.15, 0.2) is 91.0 Å². The van der Waals surface area contributed by atoms with Crippen LogP contribution in [0, 0.1) is 0 Å². The number of carboxylic acids is 3. The summed E-state index contributed by atoms with van der Waals surface area (Å²) in [5, 5.41) is 25.6. The Morgan fingerprint density at radius 2 is 0.676 bits per heavy atom. The molecule has 0 amide bonds. The van der Waals surface area contributed by atoms with Crippen molar-refractivity contribution in [2.24, 2.45) is 17.2 Å². The van der Waals surface area contributed by atoms with Crippen LogP contribution in [0.1, 0.15) is 16.7 Å². The minimum atomic E-state index is -0.959. The van der Waals surface area contributed by atoms with Gasteiger partial charge in [0.1, 0.15) is 18.1 Å². The van der Waals surface area contributed by atoms with Gasteiger partial charge in [0.15, 0.2) is 0 Å². The van der Waals surface area contributed by atoms with Gasteiger partial charge in [0.2, 0.25) is 0 Å². The summed E-state index contributed by atoms with van der Waals surface area (Å²) in [6.45, 7) is 0. The average molecular weight is 548 g/mol. The van der Waals surface area contributed by atoms with Crippen molar-refractivity contribution >= 4 is 17.9 Å². The van der Waals surface area contributed by atoms with Gasteiger partial charge < -0.3 is 32.5 Å². The molecular weight excluding hydrogens is 514 g/mol. The first-order valence-electron chi connectivity index (χ1n) is 11.2. The largest absolute Gasteiger partial charge is 0.480 e.